The van der Waals surface area contributed by atoms with E-state index >= 15 is 0 Å². The number of amides is 1. The molecule has 3 N–H and O–H groups in total. The number of nitrogens with two attached hydrogens (primary N) is 1. The average Bonchev–Trinajstić information content (AvgIpc) is 4.28. The Labute approximate surface area is 486 Å². The number of fused-ring (bicyclic) bond motifs is 3. The number of carbonyl (C=O) groups is 2. The van der Waals surface area contributed by atoms with Crippen LogP contribution in [0, 0.1) is 20.8 Å². The highest BCUT2D eigenvalue weighted by Crippen LogP contribution is 2.30. The fraction of sp³-hybridized carbons (Fsp3) is 0.125. The second-order valence-corrected chi connectivity index (χ2v) is 23.7. The van der Waals surface area contributed by atoms with Gasteiger partial charge < -0.3 is 32.5 Å². The number of primary sulfonamides is 1. The number of ether oxygens (including phenoxy) is 3. The Morgan fingerprint density at radius 1 is 0.532 bits per heavy atom. The molecule has 0 atom stereocenters. The second-order valence-electron chi connectivity index (χ2n) is 16.2. The van der Waals surface area contributed by atoms with E-state index in [1.807, 2.05) is 31.7 Å². The molecule has 0 fully saturated rings. The molecule has 0 radical (unpaired) electrons. The van der Waals surface area contributed by atoms with E-state index in [9.17, 15) is 39.9 Å². The molecule has 1 amide bonds. The van der Waals surface area contributed by atoms with Crippen molar-refractivity contribution in [2.45, 2.75) is 35.5 Å². The van der Waals surface area contributed by atoms with Crippen LogP contribution in [0.5, 0.6) is 17.2 Å². The van der Waals surface area contributed by atoms with Gasteiger partial charge in [0.1, 0.15) is 43.3 Å². The SMILES string of the molecule is COc1ccc(Cl)c(S(=O)(=O)N=C([O-])c2cn3cc(C)cc(Cl)c3n2)c1.COc1ccc(Cl)c(S(=O)(=O)NC(=O)c2cn3cc(C)cc(Cl)c3n2)c1.COc1ccc(Cl)c(S(N)(=O)=O)c1.Cc1cc(Cl)c2nc(C(=O)Cl)cn2c1. The van der Waals surface area contributed by atoms with Gasteiger partial charge in [0, 0.05) is 61.3 Å². The lowest BCUT2D eigenvalue weighted by molar-refractivity contribution is -0.212. The Morgan fingerprint density at radius 2 is 0.886 bits per heavy atom. The highest BCUT2D eigenvalue weighted by molar-refractivity contribution is 7.90. The monoisotopic (exact) mass is 1270 g/mol. The first kappa shape index (κ1) is 61.8. The number of rotatable bonds is 11. The summed E-state index contributed by atoms with van der Waals surface area (Å²) in [5.41, 5.74) is 3.88. The maximum atomic E-state index is 12.5. The maximum Gasteiger partial charge on any atom is 0.285 e. The third kappa shape index (κ3) is 15.3. The number of halogens is 7. The summed E-state index contributed by atoms with van der Waals surface area (Å²) < 4.78 is 96.7. The summed E-state index contributed by atoms with van der Waals surface area (Å²) in [7, 11) is -8.15. The number of benzene rings is 3. The zero-order valence-electron chi connectivity index (χ0n) is 41.4. The van der Waals surface area contributed by atoms with E-state index in [1.54, 1.807) is 51.7 Å². The van der Waals surface area contributed by atoms with Crippen molar-refractivity contribution >= 4 is 145 Å². The quantitative estimate of drug-likeness (QED) is 0.0693. The molecule has 416 valence electrons. The molecule has 6 aromatic heterocycles. The normalized spacial score (nSPS) is 11.7. The van der Waals surface area contributed by atoms with Gasteiger partial charge in [-0.1, -0.05) is 69.6 Å². The fourth-order valence-corrected chi connectivity index (χ4v) is 11.7. The molecule has 31 heteroatoms. The molecule has 3 aromatic carbocycles. The molecule has 21 nitrogen and oxygen atoms in total. The molecule has 79 heavy (non-hydrogen) atoms. The van der Waals surface area contributed by atoms with E-state index in [-0.39, 0.29) is 58.3 Å². The van der Waals surface area contributed by atoms with E-state index in [0.29, 0.717) is 37.8 Å². The zero-order chi connectivity index (χ0) is 58.5. The standard InChI is InChI=1S/2C16H13Cl2N3O4S.C9H6Cl2N2O.C7H8ClNO3S/c2*1-9-5-12(18)15-19-13(8-21(15)7-9)16(22)20-26(23,24)14-6-10(25-2)3-4-11(14)17;1-5-2-6(10)9-12-7(8(11)14)4-13(9)3-5;1-12-5-2-3-6(8)7(4-5)13(9,10)11/h2*3-8H,1-2H3,(H,20,22);2-4H,1H3;2-4H,1H3,(H2,9,10,11)/p-1. The third-order valence-electron chi connectivity index (χ3n) is 10.3. The number of imidazole rings is 3. The van der Waals surface area contributed by atoms with Crippen molar-refractivity contribution in [3.63, 3.8) is 0 Å². The Kier molecular flexibility index (Phi) is 19.8. The van der Waals surface area contributed by atoms with Gasteiger partial charge in [-0.05, 0) is 104 Å². The molecule has 0 aliphatic heterocycles. The molecule has 0 spiro atoms. The van der Waals surface area contributed by atoms with Crippen molar-refractivity contribution in [3.8, 4) is 17.2 Å². The summed E-state index contributed by atoms with van der Waals surface area (Å²) in [4.78, 5) is 34.6. The molecule has 6 heterocycles. The summed E-state index contributed by atoms with van der Waals surface area (Å²) in [6, 6.07) is 17.5. The van der Waals surface area contributed by atoms with Crippen LogP contribution in [0.3, 0.4) is 0 Å². The lowest BCUT2D eigenvalue weighted by Crippen LogP contribution is -2.31. The van der Waals surface area contributed by atoms with Crippen molar-refractivity contribution in [3.05, 3.63) is 174 Å². The maximum absolute atomic E-state index is 12.5. The number of hydrogen-bond donors (Lipinski definition) is 2. The predicted molar refractivity (Wildman–Crippen MR) is 299 cm³/mol. The summed E-state index contributed by atoms with van der Waals surface area (Å²) in [6.07, 6.45) is 9.58. The molecule has 0 bridgehead atoms. The van der Waals surface area contributed by atoms with Gasteiger partial charge in [-0.15, -0.1) is 0 Å². The van der Waals surface area contributed by atoms with Gasteiger partial charge in [-0.3, -0.25) is 9.59 Å². The minimum Gasteiger partial charge on any atom is -0.856 e. The molecular formula is C48H39Cl7N9O12S3-. The van der Waals surface area contributed by atoms with Gasteiger partial charge in [0.15, 0.2) is 16.9 Å². The number of methoxy groups -OCH3 is 3. The van der Waals surface area contributed by atoms with Crippen molar-refractivity contribution in [1.29, 1.82) is 0 Å². The number of aryl methyl sites for hydroxylation is 3. The fourth-order valence-electron chi connectivity index (χ4n) is 6.76. The predicted octanol–water partition coefficient (Wildman–Crippen LogP) is 9.20. The van der Waals surface area contributed by atoms with Crippen LogP contribution in [0.2, 0.25) is 30.1 Å². The Balaban J connectivity index is 0.000000178. The first-order valence-corrected chi connectivity index (χ1v) is 28.8. The minimum absolute atomic E-state index is 0.0419. The van der Waals surface area contributed by atoms with Crippen LogP contribution in [0.4, 0.5) is 0 Å². The highest BCUT2D eigenvalue weighted by Gasteiger charge is 2.25. The third-order valence-corrected chi connectivity index (χ3v) is 16.3. The Bertz CT molecular complexity index is 4230. The number of aromatic nitrogens is 6. The van der Waals surface area contributed by atoms with Crippen LogP contribution in [0.1, 0.15) is 43.4 Å². The molecule has 0 aliphatic rings. The van der Waals surface area contributed by atoms with Crippen molar-refractivity contribution < 1.29 is 54.2 Å². The number of hydrogen-bond acceptors (Lipinski definition) is 15. The summed E-state index contributed by atoms with van der Waals surface area (Å²) >= 11 is 40.9. The van der Waals surface area contributed by atoms with Gasteiger partial charge in [0.05, 0.1) is 57.2 Å². The number of sulfonamides is 3. The number of carbonyl (C=O) groups excluding carboxylic acids is 2. The number of pyridine rings is 3. The van der Waals surface area contributed by atoms with Gasteiger partial charge in [-0.25, -0.2) is 41.6 Å². The first-order chi connectivity index (χ1) is 36.9. The van der Waals surface area contributed by atoms with Gasteiger partial charge >= 0.3 is 0 Å². The minimum atomic E-state index is -4.35. The van der Waals surface area contributed by atoms with E-state index < -0.39 is 47.1 Å². The highest BCUT2D eigenvalue weighted by atomic mass is 35.5. The van der Waals surface area contributed by atoms with Crippen LogP contribution in [-0.4, -0.2) is 91.8 Å². The summed E-state index contributed by atoms with van der Waals surface area (Å²) in [5, 5.41) is 17.8. The molecule has 0 saturated carbocycles. The average molecular weight is 1280 g/mol. The lowest BCUT2D eigenvalue weighted by atomic mass is 10.3. The van der Waals surface area contributed by atoms with Crippen LogP contribution >= 0.6 is 81.2 Å². The zero-order valence-corrected chi connectivity index (χ0v) is 49.1. The Morgan fingerprint density at radius 3 is 1.30 bits per heavy atom. The largest absolute Gasteiger partial charge is 0.856 e. The summed E-state index contributed by atoms with van der Waals surface area (Å²) in [6.45, 7) is 5.57. The van der Waals surface area contributed by atoms with Crippen molar-refractivity contribution in [2.24, 2.45) is 9.54 Å². The summed E-state index contributed by atoms with van der Waals surface area (Å²) in [5.74, 6) is -0.973. The van der Waals surface area contributed by atoms with E-state index in [2.05, 4.69) is 19.3 Å². The number of nitrogens with one attached hydrogen (secondary N) is 1. The van der Waals surface area contributed by atoms with E-state index in [4.69, 9.17) is 101 Å². The molecule has 0 aliphatic carbocycles. The van der Waals surface area contributed by atoms with Crippen LogP contribution in [0.25, 0.3) is 16.9 Å². The van der Waals surface area contributed by atoms with Crippen molar-refractivity contribution in [2.75, 3.05) is 21.3 Å². The smallest absolute Gasteiger partial charge is 0.285 e. The van der Waals surface area contributed by atoms with Gasteiger partial charge in [0.25, 0.3) is 31.2 Å². The lowest BCUT2D eigenvalue weighted by Gasteiger charge is -2.09. The molecular weight excluding hydrogens is 1240 g/mol. The van der Waals surface area contributed by atoms with Gasteiger partial charge in [-0.2, -0.15) is 12.8 Å². The molecule has 0 saturated heterocycles. The molecule has 9 rings (SSSR count). The Hall–Kier alpha value is -6.42. The van der Waals surface area contributed by atoms with Crippen LogP contribution < -0.4 is 29.2 Å². The van der Waals surface area contributed by atoms with Crippen molar-refractivity contribution in [1.82, 2.24) is 32.9 Å². The van der Waals surface area contributed by atoms with Gasteiger partial charge in [0.2, 0.25) is 10.0 Å². The van der Waals surface area contributed by atoms with Crippen LogP contribution in [-0.2, 0) is 30.1 Å². The topological polar surface area (TPSA) is 290 Å². The number of nitrogens with zero attached hydrogens (tertiary/aromatic N) is 7. The second kappa shape index (κ2) is 25.4. The molecule has 9 aromatic rings. The van der Waals surface area contributed by atoms with Crippen LogP contribution in [0.15, 0.2) is 129 Å². The van der Waals surface area contributed by atoms with E-state index in [1.165, 1.54) is 86.7 Å². The van der Waals surface area contributed by atoms with E-state index in [0.717, 1.165) is 16.7 Å². The molecule has 0 unspecified atom stereocenters. The first-order valence-electron chi connectivity index (χ1n) is 21.7.